The van der Waals surface area contributed by atoms with E-state index < -0.39 is 29.7 Å². The van der Waals surface area contributed by atoms with Crippen LogP contribution < -0.4 is 15.1 Å². The van der Waals surface area contributed by atoms with Crippen molar-refractivity contribution < 1.29 is 28.4 Å². The van der Waals surface area contributed by atoms with Crippen LogP contribution in [0, 0.1) is 32.1 Å². The summed E-state index contributed by atoms with van der Waals surface area (Å²) in [6, 6.07) is 21.5. The molecule has 2 saturated heterocycles. The second-order valence-corrected chi connectivity index (χ2v) is 14.5. The maximum Gasteiger partial charge on any atom is 0.262 e. The Morgan fingerprint density at radius 2 is 1.74 bits per heavy atom. The lowest BCUT2D eigenvalue weighted by Crippen LogP contribution is -2.54. The molecular weight excluding hydrogens is 672 g/mol. The van der Waals surface area contributed by atoms with Gasteiger partial charge in [-0.05, 0) is 99.5 Å². The van der Waals surface area contributed by atoms with E-state index in [4.69, 9.17) is 9.26 Å². The lowest BCUT2D eigenvalue weighted by atomic mass is 9.97. The van der Waals surface area contributed by atoms with Crippen molar-refractivity contribution in [1.29, 1.82) is 5.26 Å². The predicted molar refractivity (Wildman–Crippen MR) is 196 cm³/mol. The molecule has 1 saturated carbocycles. The lowest BCUT2D eigenvalue weighted by molar-refractivity contribution is -0.136. The molecule has 1 aromatic heterocycles. The SMILES string of the molecule is Cc1ccc(-c2c(C)noc2C)cc1N(CCCOC1CN(c2ccc3c(c2)C(=O)N(C2CCC(=O)NC2=O)C3=O)C1)c1ccc(C2(C#N)CC2)cc1. The van der Waals surface area contributed by atoms with Crippen LogP contribution in [0.4, 0.5) is 17.1 Å². The Balaban J connectivity index is 0.920. The first-order valence-corrected chi connectivity index (χ1v) is 18.1. The van der Waals surface area contributed by atoms with Crippen LogP contribution in [0.5, 0.6) is 0 Å². The highest BCUT2D eigenvalue weighted by atomic mass is 16.5. The molecule has 53 heavy (non-hydrogen) atoms. The van der Waals surface area contributed by atoms with Crippen LogP contribution in [-0.2, 0) is 19.7 Å². The van der Waals surface area contributed by atoms with Gasteiger partial charge in [-0.25, -0.2) is 0 Å². The van der Waals surface area contributed by atoms with Crippen molar-refractivity contribution in [3.05, 3.63) is 94.4 Å². The third kappa shape index (κ3) is 6.14. The zero-order valence-electron chi connectivity index (χ0n) is 30.0. The molecule has 1 unspecified atom stereocenters. The molecule has 4 aliphatic rings. The summed E-state index contributed by atoms with van der Waals surface area (Å²) in [5.41, 5.74) is 8.18. The molecule has 4 amide bonds. The van der Waals surface area contributed by atoms with E-state index in [9.17, 15) is 24.4 Å². The topological polar surface area (TPSA) is 149 Å². The summed E-state index contributed by atoms with van der Waals surface area (Å²) in [5.74, 6) is -1.28. The van der Waals surface area contributed by atoms with Gasteiger partial charge in [-0.1, -0.05) is 29.4 Å². The van der Waals surface area contributed by atoms with Gasteiger partial charge >= 0.3 is 0 Å². The monoisotopic (exact) mass is 712 g/mol. The predicted octanol–water partition coefficient (Wildman–Crippen LogP) is 5.66. The summed E-state index contributed by atoms with van der Waals surface area (Å²) in [7, 11) is 0. The number of piperidine rings is 1. The number of rotatable bonds is 11. The molecule has 0 radical (unpaired) electrons. The standard InChI is InChI=1S/C41H40N6O6/c1-24-5-6-27(37-25(2)44-53-26(37)3)19-35(24)46(29-9-7-28(8-10-29)41(23-42)15-16-41)17-4-18-52-31-21-45(22-31)30-11-12-32-33(20-30)40(51)47(39(32)50)34-13-14-36(48)43-38(34)49/h5-12,19-20,31,34H,4,13-18,21-22H2,1-3H3,(H,43,48,49). The summed E-state index contributed by atoms with van der Waals surface area (Å²) in [5, 5.41) is 16.2. The minimum Gasteiger partial charge on any atom is -0.374 e. The Morgan fingerprint density at radius 1 is 0.981 bits per heavy atom. The molecule has 1 aliphatic carbocycles. The molecule has 0 bridgehead atoms. The normalized spacial score (nSPS) is 19.2. The van der Waals surface area contributed by atoms with Crippen molar-refractivity contribution in [2.24, 2.45) is 0 Å². The van der Waals surface area contributed by atoms with Gasteiger partial charge in [0.15, 0.2) is 0 Å². The Labute approximate surface area is 307 Å². The second kappa shape index (κ2) is 13.3. The summed E-state index contributed by atoms with van der Waals surface area (Å²) < 4.78 is 11.8. The van der Waals surface area contributed by atoms with Gasteiger partial charge in [-0.15, -0.1) is 0 Å². The number of anilines is 3. The van der Waals surface area contributed by atoms with Crippen LogP contribution in [0.3, 0.4) is 0 Å². The minimum absolute atomic E-state index is 0.0126. The Kier molecular flexibility index (Phi) is 8.61. The number of benzene rings is 3. The largest absolute Gasteiger partial charge is 0.374 e. The third-order valence-corrected chi connectivity index (χ3v) is 11.0. The van der Waals surface area contributed by atoms with Crippen LogP contribution in [0.2, 0.25) is 0 Å². The number of carbonyl (C=O) groups is 4. The Morgan fingerprint density at radius 3 is 2.42 bits per heavy atom. The van der Waals surface area contributed by atoms with Crippen molar-refractivity contribution in [2.75, 3.05) is 36.0 Å². The molecule has 270 valence electrons. The van der Waals surface area contributed by atoms with E-state index in [0.717, 1.165) is 74.9 Å². The van der Waals surface area contributed by atoms with Crippen LogP contribution in [0.15, 0.2) is 65.2 Å². The summed E-state index contributed by atoms with van der Waals surface area (Å²) in [6.07, 6.45) is 2.77. The maximum atomic E-state index is 13.3. The quantitative estimate of drug-likeness (QED) is 0.153. The van der Waals surface area contributed by atoms with Gasteiger partial charge < -0.3 is 19.1 Å². The number of aromatic nitrogens is 1. The van der Waals surface area contributed by atoms with Crippen LogP contribution >= 0.6 is 0 Å². The van der Waals surface area contributed by atoms with E-state index in [0.29, 0.717) is 26.2 Å². The van der Waals surface area contributed by atoms with E-state index in [-0.39, 0.29) is 35.5 Å². The first-order valence-electron chi connectivity index (χ1n) is 18.1. The first kappa shape index (κ1) is 34.3. The number of nitrogens with zero attached hydrogens (tertiary/aromatic N) is 5. The van der Waals surface area contributed by atoms with Crippen LogP contribution in [0.1, 0.15) is 75.4 Å². The van der Waals surface area contributed by atoms with Crippen molar-refractivity contribution in [2.45, 2.75) is 70.4 Å². The molecule has 3 aliphatic heterocycles. The molecule has 3 fully saturated rings. The smallest absolute Gasteiger partial charge is 0.262 e. The van der Waals surface area contributed by atoms with Gasteiger partial charge in [0.1, 0.15) is 11.8 Å². The number of fused-ring (bicyclic) bond motifs is 1. The molecule has 1 atom stereocenters. The van der Waals surface area contributed by atoms with Crippen molar-refractivity contribution in [3.63, 3.8) is 0 Å². The Hall–Kier alpha value is -5.80. The molecule has 0 spiro atoms. The average Bonchev–Trinajstić information content (AvgIpc) is 3.81. The average molecular weight is 713 g/mol. The lowest BCUT2D eigenvalue weighted by Gasteiger charge is -2.41. The highest BCUT2D eigenvalue weighted by Gasteiger charge is 2.46. The summed E-state index contributed by atoms with van der Waals surface area (Å²) >= 11 is 0. The van der Waals surface area contributed by atoms with E-state index in [1.54, 1.807) is 12.1 Å². The number of carbonyl (C=O) groups excluding carboxylic acids is 4. The molecule has 3 aromatic carbocycles. The molecule has 12 heteroatoms. The minimum atomic E-state index is -0.992. The van der Waals surface area contributed by atoms with Gasteiger partial charge in [-0.2, -0.15) is 5.26 Å². The number of nitrogens with one attached hydrogen (secondary N) is 1. The molecule has 4 heterocycles. The third-order valence-electron chi connectivity index (χ3n) is 11.0. The van der Waals surface area contributed by atoms with Gasteiger partial charge in [0, 0.05) is 55.3 Å². The van der Waals surface area contributed by atoms with Crippen molar-refractivity contribution in [3.8, 4) is 17.2 Å². The van der Waals surface area contributed by atoms with Crippen molar-refractivity contribution in [1.82, 2.24) is 15.4 Å². The van der Waals surface area contributed by atoms with Gasteiger partial charge in [-0.3, -0.25) is 29.4 Å². The summed E-state index contributed by atoms with van der Waals surface area (Å²) in [6.45, 7) is 8.52. The molecule has 1 N–H and O–H groups in total. The fourth-order valence-corrected chi connectivity index (χ4v) is 7.77. The number of amides is 4. The maximum absolute atomic E-state index is 13.3. The van der Waals surface area contributed by atoms with Crippen LogP contribution in [-0.4, -0.2) is 72.1 Å². The van der Waals surface area contributed by atoms with E-state index >= 15 is 0 Å². The highest BCUT2D eigenvalue weighted by molar-refractivity contribution is 6.23. The van der Waals surface area contributed by atoms with E-state index in [2.05, 4.69) is 75.7 Å². The highest BCUT2D eigenvalue weighted by Crippen LogP contribution is 2.48. The number of ether oxygens (including phenoxy) is 1. The first-order chi connectivity index (χ1) is 25.6. The van der Waals surface area contributed by atoms with Gasteiger partial charge in [0.05, 0.1) is 34.4 Å². The zero-order chi connectivity index (χ0) is 37.0. The van der Waals surface area contributed by atoms with Crippen LogP contribution in [0.25, 0.3) is 11.1 Å². The van der Waals surface area contributed by atoms with E-state index in [1.807, 2.05) is 19.9 Å². The molecular formula is C41H40N6O6. The number of imide groups is 2. The van der Waals surface area contributed by atoms with Gasteiger partial charge in [0.25, 0.3) is 11.8 Å². The summed E-state index contributed by atoms with van der Waals surface area (Å²) in [4.78, 5) is 55.8. The Bertz CT molecular complexity index is 2170. The van der Waals surface area contributed by atoms with Gasteiger partial charge in [0.2, 0.25) is 11.8 Å². The number of aryl methyl sites for hydroxylation is 3. The fraction of sp³-hybridized carbons (Fsp3) is 0.366. The zero-order valence-corrected chi connectivity index (χ0v) is 30.0. The van der Waals surface area contributed by atoms with E-state index in [1.165, 1.54) is 0 Å². The fourth-order valence-electron chi connectivity index (χ4n) is 7.77. The molecule has 4 aromatic rings. The number of hydrogen-bond acceptors (Lipinski definition) is 10. The molecule has 12 nitrogen and oxygen atoms in total. The van der Waals surface area contributed by atoms with Crippen molar-refractivity contribution >= 4 is 40.7 Å². The number of hydrogen-bond donors (Lipinski definition) is 1. The molecule has 8 rings (SSSR count). The second-order valence-electron chi connectivity index (χ2n) is 14.5. The number of nitriles is 1.